The molecule has 187 valence electrons. The molecule has 0 amide bonds. The van der Waals surface area contributed by atoms with E-state index in [9.17, 15) is 0 Å². The second-order valence-corrected chi connectivity index (χ2v) is 11.7. The van der Waals surface area contributed by atoms with Crippen molar-refractivity contribution in [1.29, 1.82) is 0 Å². The predicted molar refractivity (Wildman–Crippen MR) is 140 cm³/mol. The molecule has 0 N–H and O–H groups in total. The number of unbranched alkanes of at least 4 members (excludes halogenated alkanes) is 10. The van der Waals surface area contributed by atoms with Crippen molar-refractivity contribution in [3.8, 4) is 0 Å². The van der Waals surface area contributed by atoms with E-state index < -0.39 is 0 Å². The summed E-state index contributed by atoms with van der Waals surface area (Å²) in [6.45, 7) is 9.67. The van der Waals surface area contributed by atoms with Gasteiger partial charge in [-0.15, -0.1) is 0 Å². The fraction of sp³-hybridized carbons (Fsp3) is 0.935. The van der Waals surface area contributed by atoms with E-state index in [1.54, 1.807) is 0 Å². The van der Waals surface area contributed by atoms with Crippen LogP contribution in [0.5, 0.6) is 0 Å². The zero-order valence-corrected chi connectivity index (χ0v) is 25.5. The zero-order chi connectivity index (χ0) is 22.3. The summed E-state index contributed by atoms with van der Waals surface area (Å²) in [7, 11) is 0. The Morgan fingerprint density at radius 2 is 1.19 bits per heavy atom. The minimum Gasteiger partial charge on any atom is -0.325 e. The fourth-order valence-electron chi connectivity index (χ4n) is 6.66. The Hall–Kier alpha value is 1.10. The Kier molecular flexibility index (Phi) is 18.8. The number of rotatable bonds is 16. The fourth-order valence-corrected chi connectivity index (χ4v) is 6.66. The summed E-state index contributed by atoms with van der Waals surface area (Å²) >= 11 is 0. The average Bonchev–Trinajstić information content (AvgIpc) is 2.77. The molecule has 2 saturated carbocycles. The maximum Gasteiger partial charge on any atom is 0 e. The summed E-state index contributed by atoms with van der Waals surface area (Å²) in [5, 5.41) is 0. The molecule has 1 heteroatoms. The molecule has 0 aromatic carbocycles. The van der Waals surface area contributed by atoms with Gasteiger partial charge < -0.3 is 12.3 Å². The molecule has 5 atom stereocenters. The van der Waals surface area contributed by atoms with Gasteiger partial charge in [0, 0.05) is 32.7 Å². The summed E-state index contributed by atoms with van der Waals surface area (Å²) in [5.41, 5.74) is 0. The zero-order valence-electron chi connectivity index (χ0n) is 22.7. The first-order valence-electron chi connectivity index (χ1n) is 14.8. The van der Waals surface area contributed by atoms with Crippen LogP contribution in [0, 0.1) is 41.9 Å². The van der Waals surface area contributed by atoms with E-state index in [2.05, 4.69) is 34.1 Å². The van der Waals surface area contributed by atoms with Gasteiger partial charge in [0.25, 0.3) is 0 Å². The third-order valence-corrected chi connectivity index (χ3v) is 8.78. The van der Waals surface area contributed by atoms with Crippen LogP contribution in [0.4, 0.5) is 0 Å². The van der Waals surface area contributed by atoms with Crippen LogP contribution in [0.3, 0.4) is 0 Å². The molecule has 0 aliphatic heterocycles. The SMILES string of the molecule is CCCCCCCC[C-](CCCCCCCC)C1CC(C)CCC1C1[CH-]CC(C)CC1.[Y]. The van der Waals surface area contributed by atoms with Crippen LogP contribution in [-0.2, 0) is 32.7 Å². The van der Waals surface area contributed by atoms with Gasteiger partial charge in [0.1, 0.15) is 0 Å². The smallest absolute Gasteiger partial charge is 0 e. The van der Waals surface area contributed by atoms with Gasteiger partial charge in [0.2, 0.25) is 0 Å². The summed E-state index contributed by atoms with van der Waals surface area (Å²) in [5.74, 6) is 6.77. The Labute approximate surface area is 229 Å². The number of hydrogen-bond acceptors (Lipinski definition) is 0. The van der Waals surface area contributed by atoms with E-state index in [0.717, 1.165) is 29.6 Å². The van der Waals surface area contributed by atoms with Crippen molar-refractivity contribution in [2.75, 3.05) is 0 Å². The van der Waals surface area contributed by atoms with Gasteiger partial charge in [-0.25, -0.2) is 0 Å². The molecule has 5 unspecified atom stereocenters. The van der Waals surface area contributed by atoms with Gasteiger partial charge in [0.15, 0.2) is 0 Å². The van der Waals surface area contributed by atoms with Crippen molar-refractivity contribution >= 4 is 0 Å². The second-order valence-electron chi connectivity index (χ2n) is 11.7. The Morgan fingerprint density at radius 3 is 1.72 bits per heavy atom. The van der Waals surface area contributed by atoms with E-state index in [4.69, 9.17) is 0 Å². The van der Waals surface area contributed by atoms with Gasteiger partial charge in [-0.05, 0) is 5.92 Å². The van der Waals surface area contributed by atoms with E-state index in [0.29, 0.717) is 0 Å². The average molecular weight is 520 g/mol. The van der Waals surface area contributed by atoms with Crippen LogP contribution in [0.1, 0.15) is 156 Å². The van der Waals surface area contributed by atoms with Gasteiger partial charge in [-0.3, -0.25) is 0 Å². The van der Waals surface area contributed by atoms with Crippen molar-refractivity contribution < 1.29 is 32.7 Å². The first kappa shape index (κ1) is 31.1. The molecule has 2 rings (SSSR count). The van der Waals surface area contributed by atoms with Crippen LogP contribution in [0.2, 0.25) is 0 Å². The molecular weight excluding hydrogens is 461 g/mol. The molecule has 0 aromatic rings. The van der Waals surface area contributed by atoms with Crippen LogP contribution in [-0.4, -0.2) is 0 Å². The van der Waals surface area contributed by atoms with Crippen molar-refractivity contribution in [3.05, 3.63) is 12.3 Å². The maximum absolute atomic E-state index is 2.77. The van der Waals surface area contributed by atoms with Gasteiger partial charge >= 0.3 is 0 Å². The normalized spacial score (nSPS) is 28.6. The van der Waals surface area contributed by atoms with Crippen LogP contribution < -0.4 is 0 Å². The molecular formula is C31H58Y-2. The van der Waals surface area contributed by atoms with Crippen molar-refractivity contribution in [3.63, 3.8) is 0 Å². The molecule has 0 bridgehead atoms. The van der Waals surface area contributed by atoms with E-state index in [1.165, 1.54) is 128 Å². The van der Waals surface area contributed by atoms with Crippen molar-refractivity contribution in [2.45, 2.75) is 156 Å². The largest absolute Gasteiger partial charge is 0.325 e. The van der Waals surface area contributed by atoms with Gasteiger partial charge in [0.05, 0.1) is 0 Å². The van der Waals surface area contributed by atoms with Gasteiger partial charge in [-0.2, -0.15) is 31.1 Å². The topological polar surface area (TPSA) is 0 Å². The summed E-state index contributed by atoms with van der Waals surface area (Å²) in [4.78, 5) is 0. The third kappa shape index (κ3) is 12.2. The van der Waals surface area contributed by atoms with Crippen LogP contribution >= 0.6 is 0 Å². The van der Waals surface area contributed by atoms with Gasteiger partial charge in [-0.1, -0.05) is 149 Å². The predicted octanol–water partition coefficient (Wildman–Crippen LogP) is 10.8. The monoisotopic (exact) mass is 519 g/mol. The summed E-state index contributed by atoms with van der Waals surface area (Å²) in [6, 6.07) is 0. The first-order chi connectivity index (χ1) is 15.2. The molecule has 0 nitrogen and oxygen atoms in total. The Morgan fingerprint density at radius 1 is 0.656 bits per heavy atom. The minimum atomic E-state index is 0. The summed E-state index contributed by atoms with van der Waals surface area (Å²) in [6.07, 6.45) is 31.9. The van der Waals surface area contributed by atoms with Crippen molar-refractivity contribution in [1.82, 2.24) is 0 Å². The molecule has 32 heavy (non-hydrogen) atoms. The Bertz CT molecular complexity index is 395. The second kappa shape index (κ2) is 19.3. The minimum absolute atomic E-state index is 0. The maximum atomic E-state index is 2.77. The van der Waals surface area contributed by atoms with E-state index in [1.807, 2.05) is 5.92 Å². The van der Waals surface area contributed by atoms with E-state index >= 15 is 0 Å². The third-order valence-electron chi connectivity index (χ3n) is 8.78. The van der Waals surface area contributed by atoms with Crippen LogP contribution in [0.15, 0.2) is 0 Å². The van der Waals surface area contributed by atoms with Crippen LogP contribution in [0.25, 0.3) is 0 Å². The summed E-state index contributed by atoms with van der Waals surface area (Å²) < 4.78 is 0. The van der Waals surface area contributed by atoms with Crippen molar-refractivity contribution in [2.24, 2.45) is 29.6 Å². The number of hydrogen-bond donors (Lipinski definition) is 0. The molecule has 0 aromatic heterocycles. The molecule has 0 spiro atoms. The quantitative estimate of drug-likeness (QED) is 0.140. The molecule has 0 heterocycles. The van der Waals surface area contributed by atoms with E-state index in [-0.39, 0.29) is 32.7 Å². The molecule has 1 radical (unpaired) electrons. The Balaban J connectivity index is 0.00000512. The molecule has 0 saturated heterocycles. The standard InChI is InChI=1S/C31H58.Y/c1-5-7-9-11-13-15-17-28(18-16-14-12-10-8-6-2)31-25-27(4)21-24-30(31)29-22-19-26(3)20-23-29;/h22,26-27,29-31H,5-21,23-25H2,1-4H3;/q-2;. The first-order valence-corrected chi connectivity index (χ1v) is 14.8. The molecule has 2 fully saturated rings. The molecule has 2 aliphatic rings. The molecule has 2 aliphatic carbocycles.